The molecule has 0 amide bonds. The zero-order chi connectivity index (χ0) is 8.97. The molecule has 0 aromatic carbocycles. The lowest BCUT2D eigenvalue weighted by molar-refractivity contribution is -0.0493. The quantitative estimate of drug-likeness (QED) is 0.650. The van der Waals surface area contributed by atoms with E-state index >= 15 is 0 Å². The van der Waals surface area contributed by atoms with Gasteiger partial charge in [0.15, 0.2) is 0 Å². The van der Waals surface area contributed by atoms with Gasteiger partial charge in [0.05, 0.1) is 12.2 Å². The lowest BCUT2D eigenvalue weighted by atomic mass is 9.95. The van der Waals surface area contributed by atoms with Crippen LogP contribution in [0.5, 0.6) is 0 Å². The molecule has 1 atom stereocenters. The number of hydrogen-bond acceptors (Lipinski definition) is 2. The van der Waals surface area contributed by atoms with Gasteiger partial charge in [0.25, 0.3) is 0 Å². The summed E-state index contributed by atoms with van der Waals surface area (Å²) in [5.41, 5.74) is 0. The molecule has 1 saturated heterocycles. The van der Waals surface area contributed by atoms with Crippen LogP contribution in [0.2, 0.25) is 0 Å². The zero-order valence-electron chi connectivity index (χ0n) is 8.38. The monoisotopic (exact) mass is 172 g/mol. The van der Waals surface area contributed by atoms with Gasteiger partial charge in [0.2, 0.25) is 0 Å². The van der Waals surface area contributed by atoms with Crippen LogP contribution in [-0.4, -0.2) is 25.4 Å². The van der Waals surface area contributed by atoms with E-state index in [1.807, 2.05) is 0 Å². The molecule has 1 heterocycles. The third-order valence-corrected chi connectivity index (χ3v) is 2.42. The second-order valence-electron chi connectivity index (χ2n) is 3.84. The van der Waals surface area contributed by atoms with Crippen LogP contribution in [0.4, 0.5) is 0 Å². The minimum Gasteiger partial charge on any atom is -0.381 e. The third kappa shape index (κ3) is 3.11. The summed E-state index contributed by atoms with van der Waals surface area (Å²) in [6, 6.07) is 0. The van der Waals surface area contributed by atoms with Crippen molar-refractivity contribution in [3.63, 3.8) is 0 Å². The molecule has 12 heavy (non-hydrogen) atoms. The van der Waals surface area contributed by atoms with Crippen molar-refractivity contribution in [2.24, 2.45) is 5.92 Å². The first-order valence-corrected chi connectivity index (χ1v) is 4.93. The molecule has 0 radical (unpaired) electrons. The fourth-order valence-corrected chi connectivity index (χ4v) is 1.73. The maximum Gasteiger partial charge on any atom is 0.0580 e. The minimum absolute atomic E-state index is 0.350. The van der Waals surface area contributed by atoms with Gasteiger partial charge in [-0.1, -0.05) is 0 Å². The van der Waals surface area contributed by atoms with E-state index in [1.165, 1.54) is 0 Å². The predicted molar refractivity (Wildman–Crippen MR) is 49.2 cm³/mol. The van der Waals surface area contributed by atoms with E-state index < -0.39 is 0 Å². The maximum absolute atomic E-state index is 5.73. The summed E-state index contributed by atoms with van der Waals surface area (Å²) in [4.78, 5) is 0. The molecule has 1 rings (SSSR count). The highest BCUT2D eigenvalue weighted by Crippen LogP contribution is 2.21. The van der Waals surface area contributed by atoms with Crippen molar-refractivity contribution in [3.05, 3.63) is 0 Å². The Bertz CT molecular complexity index is 117. The Morgan fingerprint density at radius 3 is 2.25 bits per heavy atom. The van der Waals surface area contributed by atoms with Crippen molar-refractivity contribution in [1.82, 2.24) is 0 Å². The van der Waals surface area contributed by atoms with Crippen molar-refractivity contribution in [2.45, 2.75) is 45.8 Å². The van der Waals surface area contributed by atoms with E-state index in [-0.39, 0.29) is 0 Å². The van der Waals surface area contributed by atoms with Gasteiger partial charge in [-0.05, 0) is 39.5 Å². The Balaban J connectivity index is 2.24. The SMILES string of the molecule is CC(C)OC(C)C1CCOCC1. The van der Waals surface area contributed by atoms with E-state index in [4.69, 9.17) is 9.47 Å². The highest BCUT2D eigenvalue weighted by molar-refractivity contribution is 4.70. The van der Waals surface area contributed by atoms with Gasteiger partial charge in [-0.2, -0.15) is 0 Å². The van der Waals surface area contributed by atoms with Crippen LogP contribution in [0.15, 0.2) is 0 Å². The van der Waals surface area contributed by atoms with Gasteiger partial charge in [-0.15, -0.1) is 0 Å². The zero-order valence-corrected chi connectivity index (χ0v) is 8.38. The molecule has 0 N–H and O–H groups in total. The van der Waals surface area contributed by atoms with E-state index in [9.17, 15) is 0 Å². The number of ether oxygens (including phenoxy) is 2. The van der Waals surface area contributed by atoms with Crippen molar-refractivity contribution in [2.75, 3.05) is 13.2 Å². The second-order valence-corrected chi connectivity index (χ2v) is 3.84. The fraction of sp³-hybridized carbons (Fsp3) is 1.00. The molecule has 0 bridgehead atoms. The third-order valence-electron chi connectivity index (χ3n) is 2.42. The average molecular weight is 172 g/mol. The van der Waals surface area contributed by atoms with Crippen molar-refractivity contribution in [1.29, 1.82) is 0 Å². The number of hydrogen-bond donors (Lipinski definition) is 0. The molecule has 0 saturated carbocycles. The lowest BCUT2D eigenvalue weighted by Gasteiger charge is -2.28. The largest absolute Gasteiger partial charge is 0.381 e. The van der Waals surface area contributed by atoms with E-state index in [0.717, 1.165) is 26.1 Å². The summed E-state index contributed by atoms with van der Waals surface area (Å²) in [5, 5.41) is 0. The first kappa shape index (κ1) is 10.0. The molecule has 1 fully saturated rings. The van der Waals surface area contributed by atoms with Gasteiger partial charge in [-0.3, -0.25) is 0 Å². The smallest absolute Gasteiger partial charge is 0.0580 e. The summed E-state index contributed by atoms with van der Waals surface area (Å²) in [7, 11) is 0. The Labute approximate surface area is 75.2 Å². The van der Waals surface area contributed by atoms with Crippen LogP contribution in [0.25, 0.3) is 0 Å². The predicted octanol–water partition coefficient (Wildman–Crippen LogP) is 2.23. The van der Waals surface area contributed by atoms with Crippen molar-refractivity contribution >= 4 is 0 Å². The first-order valence-electron chi connectivity index (χ1n) is 4.93. The standard InChI is InChI=1S/C10H20O2/c1-8(2)12-9(3)10-4-6-11-7-5-10/h8-10H,4-7H2,1-3H3. The molecule has 72 valence electrons. The molecular formula is C10H20O2. The normalized spacial score (nSPS) is 23.0. The van der Waals surface area contributed by atoms with Gasteiger partial charge in [0.1, 0.15) is 0 Å². The Kier molecular flexibility index (Phi) is 4.02. The summed E-state index contributed by atoms with van der Waals surface area (Å²) in [5.74, 6) is 0.709. The Morgan fingerprint density at radius 2 is 1.75 bits per heavy atom. The molecule has 2 heteroatoms. The highest BCUT2D eigenvalue weighted by Gasteiger charge is 2.21. The van der Waals surface area contributed by atoms with Crippen LogP contribution in [-0.2, 0) is 9.47 Å². The Morgan fingerprint density at radius 1 is 1.17 bits per heavy atom. The van der Waals surface area contributed by atoms with Crippen molar-refractivity contribution < 1.29 is 9.47 Å². The fourth-order valence-electron chi connectivity index (χ4n) is 1.73. The van der Waals surface area contributed by atoms with Gasteiger partial charge in [-0.25, -0.2) is 0 Å². The van der Waals surface area contributed by atoms with Gasteiger partial charge < -0.3 is 9.47 Å². The van der Waals surface area contributed by atoms with Gasteiger partial charge in [0, 0.05) is 13.2 Å². The summed E-state index contributed by atoms with van der Waals surface area (Å²) < 4.78 is 11.0. The van der Waals surface area contributed by atoms with Gasteiger partial charge >= 0.3 is 0 Å². The van der Waals surface area contributed by atoms with E-state index in [0.29, 0.717) is 18.1 Å². The van der Waals surface area contributed by atoms with Crippen LogP contribution in [0, 0.1) is 5.92 Å². The van der Waals surface area contributed by atoms with Crippen molar-refractivity contribution in [3.8, 4) is 0 Å². The molecule has 0 spiro atoms. The van der Waals surface area contributed by atoms with Crippen LogP contribution < -0.4 is 0 Å². The average Bonchev–Trinajstić information content (AvgIpc) is 2.05. The Hall–Kier alpha value is -0.0800. The van der Waals surface area contributed by atoms with Crippen LogP contribution in [0.3, 0.4) is 0 Å². The molecule has 1 aliphatic heterocycles. The minimum atomic E-state index is 0.350. The van der Waals surface area contributed by atoms with Crippen LogP contribution in [0.1, 0.15) is 33.6 Å². The van der Waals surface area contributed by atoms with E-state index in [2.05, 4.69) is 20.8 Å². The molecular weight excluding hydrogens is 152 g/mol. The summed E-state index contributed by atoms with van der Waals surface area (Å²) in [6.45, 7) is 8.19. The second kappa shape index (κ2) is 4.83. The maximum atomic E-state index is 5.73. The molecule has 0 aromatic heterocycles. The molecule has 1 aliphatic rings. The molecule has 0 aliphatic carbocycles. The number of rotatable bonds is 3. The van der Waals surface area contributed by atoms with Crippen LogP contribution >= 0.6 is 0 Å². The molecule has 1 unspecified atom stereocenters. The lowest BCUT2D eigenvalue weighted by Crippen LogP contribution is -2.29. The highest BCUT2D eigenvalue weighted by atomic mass is 16.5. The molecule has 2 nitrogen and oxygen atoms in total. The summed E-state index contributed by atoms with van der Waals surface area (Å²) in [6.07, 6.45) is 3.07. The molecule has 0 aromatic rings. The van der Waals surface area contributed by atoms with E-state index in [1.54, 1.807) is 0 Å². The summed E-state index contributed by atoms with van der Waals surface area (Å²) >= 11 is 0. The topological polar surface area (TPSA) is 18.5 Å². The first-order chi connectivity index (χ1) is 5.70.